The van der Waals surface area contributed by atoms with Gasteiger partial charge < -0.3 is 26.8 Å². The third kappa shape index (κ3) is 4.60. The number of carbonyl (C=O) groups excluding carboxylic acids is 3. The lowest BCUT2D eigenvalue weighted by molar-refractivity contribution is -0.128. The molecule has 1 aromatic carbocycles. The predicted octanol–water partition coefficient (Wildman–Crippen LogP) is -0.375. The minimum atomic E-state index is -1.54. The van der Waals surface area contributed by atoms with Gasteiger partial charge in [-0.1, -0.05) is 18.2 Å². The molecule has 6 N–H and O–H groups in total. The van der Waals surface area contributed by atoms with Gasteiger partial charge in [-0.25, -0.2) is 4.79 Å². The van der Waals surface area contributed by atoms with Crippen molar-refractivity contribution in [1.29, 1.82) is 0 Å². The molecule has 124 valence electrons. The molecule has 0 spiro atoms. The van der Waals surface area contributed by atoms with Gasteiger partial charge in [0, 0.05) is 0 Å². The van der Waals surface area contributed by atoms with Crippen LogP contribution < -0.4 is 26.8 Å². The summed E-state index contributed by atoms with van der Waals surface area (Å²) in [5, 5.41) is 4.87. The Morgan fingerprint density at radius 1 is 1.09 bits per heavy atom. The third-order valence-electron chi connectivity index (χ3n) is 3.64. The second-order valence-corrected chi connectivity index (χ2v) is 5.36. The number of amides is 4. The molecule has 0 radical (unpaired) electrons. The summed E-state index contributed by atoms with van der Waals surface area (Å²) < 4.78 is 5.86. The van der Waals surface area contributed by atoms with E-state index >= 15 is 0 Å². The Morgan fingerprint density at radius 2 is 1.74 bits per heavy atom. The summed E-state index contributed by atoms with van der Waals surface area (Å²) in [7, 11) is 0. The highest BCUT2D eigenvalue weighted by Crippen LogP contribution is 2.24. The molecule has 8 heteroatoms. The fourth-order valence-corrected chi connectivity index (χ4v) is 2.53. The number of urea groups is 1. The van der Waals surface area contributed by atoms with Crippen LogP contribution in [-0.4, -0.2) is 36.0 Å². The van der Waals surface area contributed by atoms with Crippen molar-refractivity contribution in [3.8, 4) is 5.75 Å². The number of primary amides is 2. The average molecular weight is 320 g/mol. The molecule has 1 aromatic rings. The number of hydrogen-bond donors (Lipinski definition) is 4. The highest BCUT2D eigenvalue weighted by Gasteiger charge is 2.32. The molecule has 0 aliphatic heterocycles. The summed E-state index contributed by atoms with van der Waals surface area (Å²) in [6, 6.07) is 6.85. The summed E-state index contributed by atoms with van der Waals surface area (Å²) in [5.74, 6) is -1.29. The minimum Gasteiger partial charge on any atom is -0.488 e. The SMILES string of the molecule is NC(=O)C(NC(=O)NC1CCCC1Oc1ccccc1)C(N)=O. The number of para-hydroxylation sites is 1. The maximum Gasteiger partial charge on any atom is 0.316 e. The fraction of sp³-hybridized carbons (Fsp3) is 0.400. The van der Waals surface area contributed by atoms with Gasteiger partial charge in [0.1, 0.15) is 11.9 Å². The van der Waals surface area contributed by atoms with Gasteiger partial charge in [-0.15, -0.1) is 0 Å². The molecule has 2 rings (SSSR count). The molecule has 8 nitrogen and oxygen atoms in total. The number of nitrogens with one attached hydrogen (secondary N) is 2. The van der Waals surface area contributed by atoms with Crippen molar-refractivity contribution in [2.75, 3.05) is 0 Å². The Balaban J connectivity index is 1.91. The first-order valence-electron chi connectivity index (χ1n) is 7.34. The molecule has 0 heterocycles. The van der Waals surface area contributed by atoms with E-state index in [1.54, 1.807) is 0 Å². The van der Waals surface area contributed by atoms with Gasteiger partial charge in [-0.05, 0) is 31.4 Å². The Morgan fingerprint density at radius 3 is 2.35 bits per heavy atom. The molecule has 1 fully saturated rings. The van der Waals surface area contributed by atoms with Crippen LogP contribution in [0.1, 0.15) is 19.3 Å². The zero-order chi connectivity index (χ0) is 16.8. The van der Waals surface area contributed by atoms with E-state index in [-0.39, 0.29) is 12.1 Å². The minimum absolute atomic E-state index is 0.177. The topological polar surface area (TPSA) is 137 Å². The average Bonchev–Trinajstić information content (AvgIpc) is 2.92. The molecule has 4 amide bonds. The second-order valence-electron chi connectivity index (χ2n) is 5.36. The molecule has 23 heavy (non-hydrogen) atoms. The number of carbonyl (C=O) groups is 3. The molecule has 0 bridgehead atoms. The molecule has 2 atom stereocenters. The van der Waals surface area contributed by atoms with Crippen molar-refractivity contribution in [3.05, 3.63) is 30.3 Å². The molecule has 1 saturated carbocycles. The maximum atomic E-state index is 11.9. The quantitative estimate of drug-likeness (QED) is 0.531. The maximum absolute atomic E-state index is 11.9. The monoisotopic (exact) mass is 320 g/mol. The summed E-state index contributed by atoms with van der Waals surface area (Å²) in [6.07, 6.45) is 2.26. The summed E-state index contributed by atoms with van der Waals surface area (Å²) in [5.41, 5.74) is 10.0. The number of hydrogen-bond acceptors (Lipinski definition) is 4. The lowest BCUT2D eigenvalue weighted by atomic mass is 10.2. The van der Waals surface area contributed by atoms with Crippen LogP contribution in [0.4, 0.5) is 4.79 Å². The smallest absolute Gasteiger partial charge is 0.316 e. The van der Waals surface area contributed by atoms with Gasteiger partial charge in [-0.2, -0.15) is 0 Å². The van der Waals surface area contributed by atoms with Crippen LogP contribution in [-0.2, 0) is 9.59 Å². The predicted molar refractivity (Wildman–Crippen MR) is 82.3 cm³/mol. The molecular formula is C15H20N4O4. The number of nitrogens with two attached hydrogens (primary N) is 2. The molecule has 1 aliphatic rings. The van der Waals surface area contributed by atoms with E-state index < -0.39 is 23.9 Å². The first kappa shape index (κ1) is 16.6. The summed E-state index contributed by atoms with van der Waals surface area (Å²) in [4.78, 5) is 34.1. The highest BCUT2D eigenvalue weighted by atomic mass is 16.5. The lowest BCUT2D eigenvalue weighted by Crippen LogP contribution is -2.57. The molecule has 0 saturated heterocycles. The van der Waals surface area contributed by atoms with Crippen molar-refractivity contribution in [2.45, 2.75) is 37.5 Å². The van der Waals surface area contributed by atoms with E-state index in [0.717, 1.165) is 25.0 Å². The first-order valence-corrected chi connectivity index (χ1v) is 7.34. The van der Waals surface area contributed by atoms with Gasteiger partial charge in [0.25, 0.3) is 0 Å². The van der Waals surface area contributed by atoms with Crippen LogP contribution in [0, 0.1) is 0 Å². The second kappa shape index (κ2) is 7.48. The van der Waals surface area contributed by atoms with Gasteiger partial charge >= 0.3 is 6.03 Å². The van der Waals surface area contributed by atoms with E-state index in [0.29, 0.717) is 0 Å². The van der Waals surface area contributed by atoms with Gasteiger partial charge in [0.05, 0.1) is 6.04 Å². The van der Waals surface area contributed by atoms with E-state index in [4.69, 9.17) is 16.2 Å². The van der Waals surface area contributed by atoms with Crippen molar-refractivity contribution >= 4 is 17.8 Å². The lowest BCUT2D eigenvalue weighted by Gasteiger charge is -2.23. The zero-order valence-corrected chi connectivity index (χ0v) is 12.5. The van der Waals surface area contributed by atoms with Gasteiger partial charge in [0.15, 0.2) is 6.04 Å². The summed E-state index contributed by atoms with van der Waals surface area (Å²) in [6.45, 7) is 0. The van der Waals surface area contributed by atoms with Gasteiger partial charge in [0.2, 0.25) is 11.8 Å². The highest BCUT2D eigenvalue weighted by molar-refractivity contribution is 6.05. The van der Waals surface area contributed by atoms with Crippen molar-refractivity contribution in [3.63, 3.8) is 0 Å². The molecule has 1 aliphatic carbocycles. The molecular weight excluding hydrogens is 300 g/mol. The van der Waals surface area contributed by atoms with Crippen LogP contribution in [0.2, 0.25) is 0 Å². The van der Waals surface area contributed by atoms with E-state index in [1.807, 2.05) is 30.3 Å². The van der Waals surface area contributed by atoms with E-state index in [2.05, 4.69) is 10.6 Å². The number of benzene rings is 1. The largest absolute Gasteiger partial charge is 0.488 e. The normalized spacial score (nSPS) is 20.0. The molecule has 2 unspecified atom stereocenters. The Bertz CT molecular complexity index is 564. The number of ether oxygens (including phenoxy) is 1. The Kier molecular flexibility index (Phi) is 5.40. The van der Waals surface area contributed by atoms with Crippen molar-refractivity contribution in [2.24, 2.45) is 11.5 Å². The fourth-order valence-electron chi connectivity index (χ4n) is 2.53. The number of rotatable bonds is 6. The van der Waals surface area contributed by atoms with Crippen LogP contribution >= 0.6 is 0 Å². The van der Waals surface area contributed by atoms with Crippen LogP contribution in [0.15, 0.2) is 30.3 Å². The van der Waals surface area contributed by atoms with Gasteiger partial charge in [-0.3, -0.25) is 9.59 Å². The van der Waals surface area contributed by atoms with Crippen LogP contribution in [0.5, 0.6) is 5.75 Å². The summed E-state index contributed by atoms with van der Waals surface area (Å²) >= 11 is 0. The van der Waals surface area contributed by atoms with Crippen molar-refractivity contribution < 1.29 is 19.1 Å². The third-order valence-corrected chi connectivity index (χ3v) is 3.64. The Hall–Kier alpha value is -2.77. The van der Waals surface area contributed by atoms with Crippen LogP contribution in [0.3, 0.4) is 0 Å². The standard InChI is InChI=1S/C15H20N4O4/c16-13(20)12(14(17)21)19-15(22)18-10-7-4-8-11(10)23-9-5-2-1-3-6-9/h1-3,5-6,10-12H,4,7-8H2,(H2,16,20)(H2,17,21)(H2,18,19,22). The first-order chi connectivity index (χ1) is 11.0. The zero-order valence-electron chi connectivity index (χ0n) is 12.5. The van der Waals surface area contributed by atoms with Crippen molar-refractivity contribution in [1.82, 2.24) is 10.6 Å². The van der Waals surface area contributed by atoms with E-state index in [9.17, 15) is 14.4 Å². The van der Waals surface area contributed by atoms with E-state index in [1.165, 1.54) is 0 Å². The Labute approximate surface area is 133 Å². The van der Waals surface area contributed by atoms with Crippen LogP contribution in [0.25, 0.3) is 0 Å². The molecule has 0 aromatic heterocycles.